The summed E-state index contributed by atoms with van der Waals surface area (Å²) >= 11 is 0. The summed E-state index contributed by atoms with van der Waals surface area (Å²) in [5, 5.41) is 9.75. The van der Waals surface area contributed by atoms with Crippen LogP contribution in [0.5, 0.6) is 0 Å². The molecule has 2 aliphatic rings. The molecule has 0 N–H and O–H groups in total. The summed E-state index contributed by atoms with van der Waals surface area (Å²) in [6.07, 6.45) is 5.25. The quantitative estimate of drug-likeness (QED) is 0.0911. The van der Waals surface area contributed by atoms with E-state index in [0.29, 0.717) is 12.0 Å². The highest BCUT2D eigenvalue weighted by molar-refractivity contribution is 6.14. The van der Waals surface area contributed by atoms with Gasteiger partial charge in [-0.1, -0.05) is 379 Å². The van der Waals surface area contributed by atoms with Gasteiger partial charge in [-0.05, 0) is 296 Å². The van der Waals surface area contributed by atoms with Crippen LogP contribution in [-0.4, -0.2) is 19.7 Å². The van der Waals surface area contributed by atoms with Crippen molar-refractivity contribution in [3.05, 3.63) is 552 Å². The van der Waals surface area contributed by atoms with Crippen molar-refractivity contribution in [2.45, 2.75) is 51.0 Å². The van der Waals surface area contributed by atoms with Gasteiger partial charge in [-0.3, -0.25) is 0 Å². The van der Waals surface area contributed by atoms with Gasteiger partial charge < -0.3 is 32.8 Å². The molecular weight excluding hydrogens is 1790 g/mol. The molecule has 0 amide bonds. The first-order valence-electron chi connectivity index (χ1n) is 51.7. The predicted molar refractivity (Wildman–Crippen MR) is 624 cm³/mol. The molecule has 706 valence electrons. The van der Waals surface area contributed by atoms with E-state index in [1.807, 2.05) is 12.1 Å². The third-order valence-corrected chi connectivity index (χ3v) is 30.8. The lowest BCUT2D eigenvalue weighted by Crippen LogP contribution is -2.52. The molecule has 7 heteroatoms. The predicted octanol–water partition coefficient (Wildman–Crippen LogP) is 38.8. The summed E-state index contributed by atoms with van der Waals surface area (Å²) in [5.41, 5.74) is 40.4. The number of hydrogen-bond acceptors (Lipinski definition) is 4. The van der Waals surface area contributed by atoms with Crippen LogP contribution in [0.2, 0.25) is 0 Å². The van der Waals surface area contributed by atoms with Crippen LogP contribution in [0.1, 0.15) is 45.1 Å². The second-order valence-electron chi connectivity index (χ2n) is 39.7. The van der Waals surface area contributed by atoms with Gasteiger partial charge in [-0.25, -0.2) is 0 Å². The van der Waals surface area contributed by atoms with E-state index in [1.54, 1.807) is 0 Å². The molecule has 22 aromatic carbocycles. The minimum Gasteiger partial charge on any atom is -0.456 e. The van der Waals surface area contributed by atoms with E-state index in [4.69, 9.17) is 4.42 Å². The zero-order chi connectivity index (χ0) is 98.5. The van der Waals surface area contributed by atoms with Gasteiger partial charge in [-0.2, -0.15) is 0 Å². The molecule has 0 radical (unpaired) electrons. The first kappa shape index (κ1) is 89.5. The lowest BCUT2D eigenvalue weighted by Gasteiger charge is -2.53. The zero-order valence-corrected chi connectivity index (χ0v) is 82.5. The first-order valence-corrected chi connectivity index (χ1v) is 51.7. The van der Waals surface area contributed by atoms with Crippen LogP contribution >= 0.6 is 0 Å². The molecule has 26 aromatic rings. The summed E-state index contributed by atoms with van der Waals surface area (Å²) < 4.78 is 13.5. The molecule has 1 saturated carbocycles. The van der Waals surface area contributed by atoms with E-state index < -0.39 is 0 Å². The normalized spacial score (nSPS) is 13.7. The molecule has 0 saturated heterocycles. The van der Waals surface area contributed by atoms with Crippen molar-refractivity contribution in [3.63, 3.8) is 0 Å². The standard InChI is InChI=1S/C48H32N2O.C48H34N2.C45H40N2/c1-3-11-33(12-4-1)34-19-24-38(25-20-34)49(40-28-29-43-42-16-8-10-18-47(42)51-48(43)32-40)39-26-21-35(22-27-39)36-23-30-46-44(31-36)41-15-7-9-17-45(41)50(46)37-13-5-2-6-14-37;1-5-13-35(14-6-1)38-21-26-42(27-22-38)49(43-28-23-39(24-29-43)36-15-7-2-8-16-36)44-30-32-48-46(34-44)45-33-40(37-17-9-3-10-18-37)25-31-47(45)50(48)41-19-11-4-12-20-41;1-45(2)39-15-7-10-18-43(39)47(44-19-11-8-16-40(44)45)36-27-24-32(25-28-36)31-20-22-33(23-21-31)34-26-29-42-38(30-34)37-14-6-9-17-41(37)46(42)35-12-4-3-5-13-35/h1-32H;1-34H;3-7,9-10,12-15,17-18,20-30,40,44H,8,11,16,19H2,1-2H3. The molecule has 5 heterocycles. The molecule has 4 aromatic heterocycles. The van der Waals surface area contributed by atoms with Gasteiger partial charge in [0.15, 0.2) is 0 Å². The Bertz CT molecular complexity index is 9230. The van der Waals surface area contributed by atoms with Crippen molar-refractivity contribution in [1.29, 1.82) is 0 Å². The number of anilines is 8. The number of benzene rings is 22. The van der Waals surface area contributed by atoms with Crippen molar-refractivity contribution in [2.75, 3.05) is 14.7 Å². The van der Waals surface area contributed by atoms with Gasteiger partial charge in [-0.15, -0.1) is 0 Å². The lowest BCUT2D eigenvalue weighted by atomic mass is 9.62. The van der Waals surface area contributed by atoms with Gasteiger partial charge in [0.2, 0.25) is 0 Å². The van der Waals surface area contributed by atoms with Crippen LogP contribution in [0.25, 0.3) is 182 Å². The number of rotatable bonds is 17. The van der Waals surface area contributed by atoms with E-state index in [9.17, 15) is 0 Å². The Morgan fingerprint density at radius 2 is 0.480 bits per heavy atom. The van der Waals surface area contributed by atoms with Crippen LogP contribution < -0.4 is 14.7 Å². The van der Waals surface area contributed by atoms with Gasteiger partial charge in [0.05, 0.1) is 33.1 Å². The average molecular weight is 1900 g/mol. The molecule has 0 bridgehead atoms. The summed E-state index contributed by atoms with van der Waals surface area (Å²) in [6.45, 7) is 4.94. The summed E-state index contributed by atoms with van der Waals surface area (Å²) in [7, 11) is 0. The van der Waals surface area contributed by atoms with Crippen molar-refractivity contribution >= 4 is 133 Å². The number of hydrogen-bond donors (Lipinski definition) is 0. The average Bonchev–Trinajstić information content (AvgIpc) is 1.69. The molecule has 2 atom stereocenters. The van der Waals surface area contributed by atoms with Gasteiger partial charge in [0.25, 0.3) is 0 Å². The van der Waals surface area contributed by atoms with Gasteiger partial charge in [0, 0.05) is 118 Å². The van der Waals surface area contributed by atoms with Crippen LogP contribution in [0.4, 0.5) is 45.5 Å². The van der Waals surface area contributed by atoms with E-state index in [0.717, 1.165) is 61.8 Å². The number of nitrogens with zero attached hydrogens (tertiary/aromatic N) is 6. The maximum Gasteiger partial charge on any atom is 0.137 e. The molecule has 28 rings (SSSR count). The van der Waals surface area contributed by atoms with Gasteiger partial charge in [0.1, 0.15) is 11.2 Å². The Kier molecular flexibility index (Phi) is 23.4. The molecular formula is C141H106N6O. The van der Waals surface area contributed by atoms with Crippen molar-refractivity contribution in [3.8, 4) is 95.0 Å². The highest BCUT2D eigenvalue weighted by Crippen LogP contribution is 2.55. The summed E-state index contributed by atoms with van der Waals surface area (Å²) in [6, 6.07) is 198. The second-order valence-corrected chi connectivity index (χ2v) is 39.7. The molecule has 2 unspecified atom stereocenters. The van der Waals surface area contributed by atoms with Crippen LogP contribution in [-0.2, 0) is 5.41 Å². The number of aromatic nitrogens is 3. The van der Waals surface area contributed by atoms with Crippen molar-refractivity contribution < 1.29 is 4.42 Å². The monoisotopic (exact) mass is 1900 g/mol. The molecule has 0 spiro atoms. The fraction of sp³-hybridized carbons (Fsp3) is 0.0638. The second kappa shape index (κ2) is 38.6. The number of fused-ring (bicyclic) bond motifs is 14. The Labute approximate surface area is 862 Å². The highest BCUT2D eigenvalue weighted by Gasteiger charge is 2.47. The minimum atomic E-state index is 0.198. The molecule has 1 fully saturated rings. The first-order chi connectivity index (χ1) is 73.2. The summed E-state index contributed by atoms with van der Waals surface area (Å²) in [5.74, 6) is 0.674. The maximum absolute atomic E-state index is 6.34. The largest absolute Gasteiger partial charge is 0.456 e. The fourth-order valence-corrected chi connectivity index (χ4v) is 23.6. The van der Waals surface area contributed by atoms with Crippen molar-refractivity contribution in [2.24, 2.45) is 5.92 Å². The van der Waals surface area contributed by atoms with E-state index in [2.05, 4.69) is 576 Å². The van der Waals surface area contributed by atoms with Crippen LogP contribution in [0, 0.1) is 5.92 Å². The lowest BCUT2D eigenvalue weighted by molar-refractivity contribution is 0.190. The van der Waals surface area contributed by atoms with E-state index in [1.165, 1.54) is 197 Å². The van der Waals surface area contributed by atoms with Crippen molar-refractivity contribution in [1.82, 2.24) is 13.7 Å². The maximum atomic E-state index is 6.34. The SMILES string of the molecule is CC1(C)c2ccccc2N(c2ccc(-c3ccc(-c4ccc5c(c4)c4ccccc4n5-c4ccccc4)cc3)cc2)C2CCCCC21.c1ccc(-c2ccc(N(c3ccc(-c4ccc5c(c4)c4ccccc4n5-c4ccccc4)cc3)c3ccc4c(c3)oc3ccccc34)cc2)cc1.c1ccc(-c2ccc(N(c3ccc(-c4ccccc4)cc3)c3ccc4c(c3)c3cc(-c5ccccc5)ccc3n4-c3ccccc3)cc2)cc1. The van der Waals surface area contributed by atoms with Gasteiger partial charge >= 0.3 is 0 Å². The third kappa shape index (κ3) is 16.7. The molecule has 7 nitrogen and oxygen atoms in total. The Balaban J connectivity index is 0.000000112. The Morgan fingerprint density at radius 3 is 0.905 bits per heavy atom. The van der Waals surface area contributed by atoms with E-state index >= 15 is 0 Å². The van der Waals surface area contributed by atoms with Crippen LogP contribution in [0.3, 0.4) is 0 Å². The zero-order valence-electron chi connectivity index (χ0n) is 82.5. The fourth-order valence-electron chi connectivity index (χ4n) is 23.6. The number of para-hydroxylation sites is 7. The highest BCUT2D eigenvalue weighted by atomic mass is 16.3. The minimum absolute atomic E-state index is 0.198. The number of furan rings is 1. The third-order valence-electron chi connectivity index (χ3n) is 30.8. The van der Waals surface area contributed by atoms with Crippen LogP contribution in [0.15, 0.2) is 550 Å². The topological polar surface area (TPSA) is 37.6 Å². The molecule has 148 heavy (non-hydrogen) atoms. The Hall–Kier alpha value is -18.6. The molecule has 1 aliphatic carbocycles. The Morgan fingerprint density at radius 1 is 0.203 bits per heavy atom. The smallest absolute Gasteiger partial charge is 0.137 e. The summed E-state index contributed by atoms with van der Waals surface area (Å²) in [4.78, 5) is 7.35. The molecule has 1 aliphatic heterocycles. The van der Waals surface area contributed by atoms with E-state index in [-0.39, 0.29) is 5.41 Å².